The third-order valence-electron chi connectivity index (χ3n) is 15.7. The van der Waals surface area contributed by atoms with Crippen molar-refractivity contribution in [3.8, 4) is 0 Å². The third-order valence-corrected chi connectivity index (χ3v) is 15.7. The topological polar surface area (TPSA) is 112 Å². The second-order valence-electron chi connectivity index (χ2n) is 18.4. The SMILES string of the molecule is CC(C)[C@@H](C)[C@@]1(C)CC[C@]2(C)[C@H]3CC[C@@H]4[C@@]5(C)COC[C@@]4(C3=CC[C@@]2(C)[C@@H]1C(=O)O)[C@@H](OC[C@](C)(N)C(C)C)[C@H](n1cncn1)C5. The van der Waals surface area contributed by atoms with Crippen molar-refractivity contribution in [1.82, 2.24) is 14.8 Å². The number of allylic oxidation sites excluding steroid dienone is 1. The van der Waals surface area contributed by atoms with Crippen molar-refractivity contribution in [1.29, 1.82) is 0 Å². The quantitative estimate of drug-likeness (QED) is 0.291. The fraction of sp³-hybridized carbons (Fsp3) is 0.868. The molecule has 1 aromatic heterocycles. The van der Waals surface area contributed by atoms with Gasteiger partial charge in [-0.2, -0.15) is 5.10 Å². The van der Waals surface area contributed by atoms with Gasteiger partial charge in [-0.3, -0.25) is 4.79 Å². The molecule has 4 aliphatic carbocycles. The number of hydrogen-bond donors (Lipinski definition) is 2. The lowest BCUT2D eigenvalue weighted by molar-refractivity contribution is -0.254. The Labute approximate surface area is 277 Å². The second-order valence-corrected chi connectivity index (χ2v) is 18.4. The van der Waals surface area contributed by atoms with E-state index in [2.05, 4.69) is 80.3 Å². The Morgan fingerprint density at radius 1 is 1.13 bits per heavy atom. The number of carboxylic acid groups (broad SMARTS) is 1. The fourth-order valence-corrected chi connectivity index (χ4v) is 11.9. The highest BCUT2D eigenvalue weighted by molar-refractivity contribution is 5.73. The summed E-state index contributed by atoms with van der Waals surface area (Å²) in [7, 11) is 0. The molecule has 12 atom stereocenters. The molecule has 46 heavy (non-hydrogen) atoms. The molecule has 0 radical (unpaired) electrons. The van der Waals surface area contributed by atoms with E-state index in [4.69, 9.17) is 20.3 Å². The van der Waals surface area contributed by atoms with Crippen LogP contribution in [0.5, 0.6) is 0 Å². The molecule has 8 heteroatoms. The number of hydrogen-bond acceptors (Lipinski definition) is 6. The highest BCUT2D eigenvalue weighted by atomic mass is 16.5. The van der Waals surface area contributed by atoms with Gasteiger partial charge >= 0.3 is 5.97 Å². The Morgan fingerprint density at radius 3 is 2.46 bits per heavy atom. The largest absolute Gasteiger partial charge is 0.481 e. The molecule has 2 heterocycles. The van der Waals surface area contributed by atoms with Crippen molar-refractivity contribution in [2.24, 2.45) is 68.3 Å². The van der Waals surface area contributed by atoms with Crippen molar-refractivity contribution >= 4 is 5.97 Å². The minimum Gasteiger partial charge on any atom is -0.481 e. The number of aliphatic carboxylic acids is 1. The standard InChI is InChI=1S/C38H62N4O4/c1-23(2)25(5)34(7)15-16-35(8)26-11-12-29-33(6)17-28(42-22-40-21-41-42)31(46-19-37(10,39)24(3)4)38(29,20-45-18-33)27(26)13-14-36(35,9)30(34)32(43)44/h13,21-26,28-31H,11-12,14-20,39H2,1-10H3,(H,43,44)/t25-,26+,28-,29-,30-,31+,33-,34-,35-,36+,37+,38+/m1/s1. The molecular formula is C38H62N4O4. The number of fused-ring (bicyclic) bond motifs is 3. The zero-order valence-electron chi connectivity index (χ0n) is 30.3. The van der Waals surface area contributed by atoms with Gasteiger partial charge in [-0.15, -0.1) is 0 Å². The summed E-state index contributed by atoms with van der Waals surface area (Å²) in [6.07, 6.45) is 11.6. The van der Waals surface area contributed by atoms with Crippen LogP contribution in [0.15, 0.2) is 24.3 Å². The molecular weight excluding hydrogens is 576 g/mol. The monoisotopic (exact) mass is 638 g/mol. The van der Waals surface area contributed by atoms with Gasteiger partial charge in [0.2, 0.25) is 0 Å². The lowest BCUT2D eigenvalue weighted by atomic mass is 9.34. The zero-order chi connectivity index (χ0) is 33.7. The van der Waals surface area contributed by atoms with Crippen LogP contribution >= 0.6 is 0 Å². The fourth-order valence-electron chi connectivity index (χ4n) is 11.9. The zero-order valence-corrected chi connectivity index (χ0v) is 30.3. The van der Waals surface area contributed by atoms with E-state index in [1.807, 2.05) is 11.0 Å². The predicted octanol–water partition coefficient (Wildman–Crippen LogP) is 7.17. The maximum atomic E-state index is 13.5. The smallest absolute Gasteiger partial charge is 0.307 e. The molecule has 0 amide bonds. The maximum absolute atomic E-state index is 13.5. The number of carboxylic acids is 1. The summed E-state index contributed by atoms with van der Waals surface area (Å²) in [5, 5.41) is 15.8. The van der Waals surface area contributed by atoms with E-state index < -0.39 is 17.4 Å². The van der Waals surface area contributed by atoms with Crippen LogP contribution in [0.1, 0.15) is 114 Å². The van der Waals surface area contributed by atoms with Gasteiger partial charge in [-0.25, -0.2) is 9.67 Å². The minimum atomic E-state index is -0.623. The van der Waals surface area contributed by atoms with Crippen LogP contribution in [0.3, 0.4) is 0 Å². The molecule has 4 fully saturated rings. The molecule has 2 bridgehead atoms. The lowest BCUT2D eigenvalue weighted by Crippen LogP contribution is -2.70. The van der Waals surface area contributed by atoms with Crippen LogP contribution in [0.25, 0.3) is 0 Å². The normalized spacial score (nSPS) is 45.7. The Kier molecular flexibility index (Phi) is 8.25. The molecule has 6 rings (SSSR count). The number of nitrogens with two attached hydrogens (primary N) is 1. The summed E-state index contributed by atoms with van der Waals surface area (Å²) in [6, 6.07) is 0.00434. The van der Waals surface area contributed by atoms with Gasteiger partial charge in [0.1, 0.15) is 12.7 Å². The Morgan fingerprint density at radius 2 is 1.85 bits per heavy atom. The van der Waals surface area contributed by atoms with Gasteiger partial charge in [0.15, 0.2) is 0 Å². The van der Waals surface area contributed by atoms with E-state index in [1.54, 1.807) is 6.33 Å². The molecule has 258 valence electrons. The van der Waals surface area contributed by atoms with Crippen LogP contribution in [0, 0.1) is 62.6 Å². The van der Waals surface area contributed by atoms with E-state index in [0.29, 0.717) is 31.0 Å². The lowest BCUT2D eigenvalue weighted by Gasteiger charge is -2.71. The minimum absolute atomic E-state index is 0.00434. The van der Waals surface area contributed by atoms with E-state index in [-0.39, 0.29) is 51.1 Å². The average molecular weight is 639 g/mol. The van der Waals surface area contributed by atoms with Gasteiger partial charge in [0.05, 0.1) is 37.9 Å². The van der Waals surface area contributed by atoms with Crippen LogP contribution in [0.4, 0.5) is 0 Å². The van der Waals surface area contributed by atoms with E-state index in [1.165, 1.54) is 5.57 Å². The Balaban J connectivity index is 1.51. The predicted molar refractivity (Wildman–Crippen MR) is 180 cm³/mol. The van der Waals surface area contributed by atoms with Crippen molar-refractivity contribution in [3.05, 3.63) is 24.3 Å². The summed E-state index contributed by atoms with van der Waals surface area (Å²) >= 11 is 0. The highest BCUT2D eigenvalue weighted by Gasteiger charge is 2.72. The summed E-state index contributed by atoms with van der Waals surface area (Å²) in [6.45, 7) is 24.5. The molecule has 0 aromatic carbocycles. The number of nitrogens with zero attached hydrogens (tertiary/aromatic N) is 3. The average Bonchev–Trinajstić information content (AvgIpc) is 3.51. The Bertz CT molecular complexity index is 1340. The number of ether oxygens (including phenoxy) is 2. The number of rotatable bonds is 8. The molecule has 8 nitrogen and oxygen atoms in total. The first kappa shape index (κ1) is 34.1. The third kappa shape index (κ3) is 4.58. The molecule has 5 aliphatic rings. The van der Waals surface area contributed by atoms with Crippen LogP contribution in [-0.2, 0) is 14.3 Å². The summed E-state index contributed by atoms with van der Waals surface area (Å²) < 4.78 is 15.9. The summed E-state index contributed by atoms with van der Waals surface area (Å²) in [4.78, 5) is 17.9. The second kappa shape index (κ2) is 11.1. The first-order valence-corrected chi connectivity index (χ1v) is 18.1. The van der Waals surface area contributed by atoms with Crippen molar-refractivity contribution < 1.29 is 19.4 Å². The van der Waals surface area contributed by atoms with Crippen molar-refractivity contribution in [2.75, 3.05) is 19.8 Å². The maximum Gasteiger partial charge on any atom is 0.307 e. The Hall–Kier alpha value is -1.77. The van der Waals surface area contributed by atoms with Crippen LogP contribution in [0.2, 0.25) is 0 Å². The van der Waals surface area contributed by atoms with Gasteiger partial charge in [-0.1, -0.05) is 74.0 Å². The molecule has 0 spiro atoms. The molecule has 1 saturated heterocycles. The summed E-state index contributed by atoms with van der Waals surface area (Å²) in [5.74, 6) is 0.630. The molecule has 1 aliphatic heterocycles. The van der Waals surface area contributed by atoms with E-state index >= 15 is 0 Å². The summed E-state index contributed by atoms with van der Waals surface area (Å²) in [5.41, 5.74) is 6.70. The van der Waals surface area contributed by atoms with Gasteiger partial charge in [0, 0.05) is 11.0 Å². The number of aromatic nitrogens is 3. The van der Waals surface area contributed by atoms with Crippen LogP contribution < -0.4 is 5.73 Å². The van der Waals surface area contributed by atoms with Gasteiger partial charge < -0.3 is 20.3 Å². The van der Waals surface area contributed by atoms with Crippen molar-refractivity contribution in [3.63, 3.8) is 0 Å². The molecule has 1 aromatic rings. The number of carbonyl (C=O) groups is 1. The van der Waals surface area contributed by atoms with Crippen molar-refractivity contribution in [2.45, 2.75) is 125 Å². The van der Waals surface area contributed by atoms with E-state index in [9.17, 15) is 9.90 Å². The van der Waals surface area contributed by atoms with Crippen LogP contribution in [-0.4, -0.2) is 57.3 Å². The molecule has 3 N–H and O–H groups in total. The first-order valence-electron chi connectivity index (χ1n) is 18.1. The van der Waals surface area contributed by atoms with E-state index in [0.717, 1.165) is 45.1 Å². The van der Waals surface area contributed by atoms with Gasteiger partial charge in [0.25, 0.3) is 0 Å². The van der Waals surface area contributed by atoms with Gasteiger partial charge in [-0.05, 0) is 96.7 Å². The molecule has 0 unspecified atom stereocenters. The molecule has 3 saturated carbocycles. The first-order chi connectivity index (χ1) is 21.4. The highest BCUT2D eigenvalue weighted by Crippen LogP contribution is 2.75.